The minimum Gasteiger partial charge on any atom is -0.246 e. The molecule has 1 rings (SSSR count). The zero-order valence-electron chi connectivity index (χ0n) is 14.9. The van der Waals surface area contributed by atoms with Crippen LogP contribution < -0.4 is 0 Å². The summed E-state index contributed by atoms with van der Waals surface area (Å²) in [5.74, 6) is 1.00. The van der Waals surface area contributed by atoms with Gasteiger partial charge in [-0.3, -0.25) is 0 Å². The van der Waals surface area contributed by atoms with E-state index in [0.717, 1.165) is 6.42 Å². The molecule has 0 unspecified atom stereocenters. The van der Waals surface area contributed by atoms with Gasteiger partial charge in [-0.05, 0) is 29.4 Å². The Balaban J connectivity index is 3.37. The van der Waals surface area contributed by atoms with Crippen LogP contribution in [0.25, 0.3) is 0 Å². The maximum Gasteiger partial charge on any atom is 0.0741 e. The quantitative estimate of drug-likeness (QED) is 0.435. The lowest BCUT2D eigenvalue weighted by molar-refractivity contribution is 0.808. The molecule has 0 radical (unpaired) electrons. The third kappa shape index (κ3) is 5.50. The fourth-order valence-electron chi connectivity index (χ4n) is 2.29. The van der Waals surface area contributed by atoms with Crippen LogP contribution in [0.4, 0.5) is 5.69 Å². The highest BCUT2D eigenvalue weighted by Crippen LogP contribution is 2.37. The van der Waals surface area contributed by atoms with Gasteiger partial charge in [0.25, 0.3) is 0 Å². The second-order valence-electron chi connectivity index (χ2n) is 7.17. The maximum absolute atomic E-state index is 5.08. The number of hydrogen-bond donors (Lipinski definition) is 0. The molecular formula is C19H31NS. The smallest absolute Gasteiger partial charge is 0.0741 e. The molecule has 0 aromatic heterocycles. The number of benzene rings is 1. The summed E-state index contributed by atoms with van der Waals surface area (Å²) < 4.78 is 0.208. The monoisotopic (exact) mass is 305 g/mol. The molecule has 0 aliphatic heterocycles. The van der Waals surface area contributed by atoms with Crippen molar-refractivity contribution >= 4 is 22.5 Å². The van der Waals surface area contributed by atoms with Gasteiger partial charge in [0, 0.05) is 4.75 Å². The molecular weight excluding hydrogens is 274 g/mol. The molecule has 0 spiro atoms. The third-order valence-corrected chi connectivity index (χ3v) is 4.53. The van der Waals surface area contributed by atoms with Crippen LogP contribution in [0.15, 0.2) is 23.2 Å². The van der Waals surface area contributed by atoms with Gasteiger partial charge < -0.3 is 0 Å². The minimum absolute atomic E-state index is 0.208. The molecule has 1 nitrogen and oxygen atoms in total. The molecule has 0 heterocycles. The van der Waals surface area contributed by atoms with Crippen molar-refractivity contribution in [1.82, 2.24) is 0 Å². The van der Waals surface area contributed by atoms with Gasteiger partial charge in [-0.2, -0.15) is 0 Å². The fourth-order valence-corrected chi connectivity index (χ4v) is 3.28. The Kier molecular flexibility index (Phi) is 6.52. The molecule has 0 amide bonds. The zero-order chi connectivity index (χ0) is 16.2. The Morgan fingerprint density at radius 3 is 1.86 bits per heavy atom. The SMILES string of the molecule is CCC(=Nc1c(C(C)C)cccc1C(C)C)SC(C)(C)C. The minimum atomic E-state index is 0.208. The van der Waals surface area contributed by atoms with E-state index >= 15 is 0 Å². The van der Waals surface area contributed by atoms with Crippen LogP contribution in [0.3, 0.4) is 0 Å². The van der Waals surface area contributed by atoms with Crippen LogP contribution in [0.1, 0.15) is 84.8 Å². The van der Waals surface area contributed by atoms with Gasteiger partial charge in [-0.15, -0.1) is 11.8 Å². The molecule has 0 bridgehead atoms. The van der Waals surface area contributed by atoms with Gasteiger partial charge in [0.1, 0.15) is 0 Å². The molecule has 0 saturated heterocycles. The number of para-hydroxylation sites is 1. The van der Waals surface area contributed by atoms with E-state index in [4.69, 9.17) is 4.99 Å². The average Bonchev–Trinajstić information content (AvgIpc) is 2.35. The zero-order valence-corrected chi connectivity index (χ0v) is 15.8. The second kappa shape index (κ2) is 7.49. The normalized spacial score (nSPS) is 13.3. The summed E-state index contributed by atoms with van der Waals surface area (Å²) >= 11 is 1.89. The molecule has 0 atom stereocenters. The molecule has 2 heteroatoms. The molecule has 1 aromatic carbocycles. The van der Waals surface area contributed by atoms with Crippen molar-refractivity contribution in [1.29, 1.82) is 0 Å². The predicted molar refractivity (Wildman–Crippen MR) is 99.4 cm³/mol. The third-order valence-electron chi connectivity index (χ3n) is 3.31. The number of thioether (sulfide) groups is 1. The summed E-state index contributed by atoms with van der Waals surface area (Å²) in [6.45, 7) is 18.0. The van der Waals surface area contributed by atoms with Gasteiger partial charge in [-0.1, -0.05) is 73.6 Å². The Morgan fingerprint density at radius 2 is 1.52 bits per heavy atom. The summed E-state index contributed by atoms with van der Waals surface area (Å²) in [5, 5.41) is 1.23. The first kappa shape index (κ1) is 18.3. The fraction of sp³-hybridized carbons (Fsp3) is 0.632. The summed E-state index contributed by atoms with van der Waals surface area (Å²) in [5.41, 5.74) is 3.93. The molecule has 118 valence electrons. The standard InChI is InChI=1S/C19H31NS/c1-9-17(21-19(6,7)8)20-18-15(13(2)3)11-10-12-16(18)14(4)5/h10-14H,9H2,1-8H3. The van der Waals surface area contributed by atoms with Crippen molar-refractivity contribution in [2.45, 2.75) is 78.4 Å². The highest BCUT2D eigenvalue weighted by molar-refractivity contribution is 8.15. The van der Waals surface area contributed by atoms with Crippen molar-refractivity contribution in [2.24, 2.45) is 4.99 Å². The first-order chi connectivity index (χ1) is 9.65. The Morgan fingerprint density at radius 1 is 1.05 bits per heavy atom. The van der Waals surface area contributed by atoms with E-state index in [0.29, 0.717) is 11.8 Å². The van der Waals surface area contributed by atoms with Crippen molar-refractivity contribution in [2.75, 3.05) is 0 Å². The summed E-state index contributed by atoms with van der Waals surface area (Å²) in [7, 11) is 0. The first-order valence-corrected chi connectivity index (χ1v) is 8.86. The molecule has 21 heavy (non-hydrogen) atoms. The van der Waals surface area contributed by atoms with Crippen LogP contribution in [0.2, 0.25) is 0 Å². The van der Waals surface area contributed by atoms with Crippen LogP contribution in [0.5, 0.6) is 0 Å². The van der Waals surface area contributed by atoms with Crippen molar-refractivity contribution in [3.05, 3.63) is 29.3 Å². The number of hydrogen-bond acceptors (Lipinski definition) is 2. The van der Waals surface area contributed by atoms with Crippen LogP contribution in [-0.4, -0.2) is 9.79 Å². The largest absolute Gasteiger partial charge is 0.246 e. The van der Waals surface area contributed by atoms with Gasteiger partial charge in [0.15, 0.2) is 0 Å². The molecule has 0 aliphatic rings. The van der Waals surface area contributed by atoms with E-state index in [-0.39, 0.29) is 4.75 Å². The van der Waals surface area contributed by atoms with E-state index in [1.807, 2.05) is 11.8 Å². The number of rotatable bonds is 4. The van der Waals surface area contributed by atoms with Crippen LogP contribution >= 0.6 is 11.8 Å². The van der Waals surface area contributed by atoms with E-state index in [1.54, 1.807) is 0 Å². The Bertz CT molecular complexity index is 467. The second-order valence-corrected chi connectivity index (χ2v) is 9.07. The Hall–Kier alpha value is -0.760. The number of nitrogens with zero attached hydrogens (tertiary/aromatic N) is 1. The van der Waals surface area contributed by atoms with Gasteiger partial charge in [-0.25, -0.2) is 4.99 Å². The van der Waals surface area contributed by atoms with Gasteiger partial charge in [0.2, 0.25) is 0 Å². The van der Waals surface area contributed by atoms with E-state index in [9.17, 15) is 0 Å². The highest BCUT2D eigenvalue weighted by Gasteiger charge is 2.17. The van der Waals surface area contributed by atoms with Crippen LogP contribution in [-0.2, 0) is 0 Å². The molecule has 0 aliphatic carbocycles. The molecule has 0 saturated carbocycles. The van der Waals surface area contributed by atoms with Crippen molar-refractivity contribution in [3.8, 4) is 0 Å². The van der Waals surface area contributed by atoms with Crippen molar-refractivity contribution < 1.29 is 0 Å². The maximum atomic E-state index is 5.08. The van der Waals surface area contributed by atoms with Crippen LogP contribution in [0, 0.1) is 0 Å². The summed E-state index contributed by atoms with van der Waals surface area (Å²) in [4.78, 5) is 5.08. The number of aliphatic imine (C=N–C) groups is 1. The van der Waals surface area contributed by atoms with E-state index in [2.05, 4.69) is 73.6 Å². The van der Waals surface area contributed by atoms with Gasteiger partial charge >= 0.3 is 0 Å². The van der Waals surface area contributed by atoms with E-state index in [1.165, 1.54) is 21.9 Å². The molecule has 0 N–H and O–H groups in total. The Labute approximate surface area is 135 Å². The summed E-state index contributed by atoms with van der Waals surface area (Å²) in [6.07, 6.45) is 0.992. The molecule has 0 fully saturated rings. The van der Waals surface area contributed by atoms with Crippen molar-refractivity contribution in [3.63, 3.8) is 0 Å². The lowest BCUT2D eigenvalue weighted by atomic mass is 9.93. The van der Waals surface area contributed by atoms with Gasteiger partial charge in [0.05, 0.1) is 10.7 Å². The molecule has 1 aromatic rings. The lowest BCUT2D eigenvalue weighted by Gasteiger charge is -2.21. The summed E-state index contributed by atoms with van der Waals surface area (Å²) in [6, 6.07) is 6.63. The van der Waals surface area contributed by atoms with E-state index < -0.39 is 0 Å². The average molecular weight is 306 g/mol. The lowest BCUT2D eigenvalue weighted by Crippen LogP contribution is -2.11. The highest BCUT2D eigenvalue weighted by atomic mass is 32.2. The predicted octanol–water partition coefficient (Wildman–Crippen LogP) is 6.91. The first-order valence-electron chi connectivity index (χ1n) is 8.05. The topological polar surface area (TPSA) is 12.4 Å².